The van der Waals surface area contributed by atoms with Gasteiger partial charge in [0.2, 0.25) is 5.75 Å². The number of phenolic OH excluding ortho intramolecular Hbond substituents is 2. The molecule has 0 saturated heterocycles. The number of nitrogens with zero attached hydrogens (tertiary/aromatic N) is 1. The number of aromatic hydroxyl groups is 2. The van der Waals surface area contributed by atoms with E-state index in [1.54, 1.807) is 32.4 Å². The van der Waals surface area contributed by atoms with Crippen molar-refractivity contribution in [2.45, 2.75) is 0 Å². The van der Waals surface area contributed by atoms with Gasteiger partial charge in [-0.2, -0.15) is 0 Å². The van der Waals surface area contributed by atoms with Crippen LogP contribution in [-0.2, 0) is 0 Å². The summed E-state index contributed by atoms with van der Waals surface area (Å²) in [6.45, 7) is 0. The molecular weight excluding hydrogens is 324 g/mol. The monoisotopic (exact) mass is 342 g/mol. The Hall–Kier alpha value is -3.35. The molecule has 0 atom stereocenters. The molecule has 3 N–H and O–H groups in total. The van der Waals surface area contributed by atoms with Crippen LogP contribution in [0.5, 0.6) is 28.7 Å². The Kier molecular flexibility index (Phi) is 4.38. The normalized spacial score (nSPS) is 10.5. The minimum absolute atomic E-state index is 0.186. The Bertz CT molecular complexity index is 882. The van der Waals surface area contributed by atoms with Crippen molar-refractivity contribution in [3.63, 3.8) is 0 Å². The highest BCUT2D eigenvalue weighted by Gasteiger charge is 2.19. The van der Waals surface area contributed by atoms with Gasteiger partial charge in [0.15, 0.2) is 11.5 Å². The fourth-order valence-corrected chi connectivity index (χ4v) is 2.59. The van der Waals surface area contributed by atoms with Crippen molar-refractivity contribution in [2.75, 3.05) is 21.3 Å². The Morgan fingerprint density at radius 2 is 1.56 bits per heavy atom. The number of methoxy groups -OCH3 is 3. The second-order valence-electron chi connectivity index (χ2n) is 5.24. The van der Waals surface area contributed by atoms with Gasteiger partial charge in [0, 0.05) is 17.2 Å². The molecule has 1 heterocycles. The van der Waals surface area contributed by atoms with Gasteiger partial charge in [-0.3, -0.25) is 0 Å². The minimum atomic E-state index is -0.330. The van der Waals surface area contributed by atoms with Crippen LogP contribution in [-0.4, -0.2) is 41.5 Å². The summed E-state index contributed by atoms with van der Waals surface area (Å²) in [7, 11) is 4.55. The Morgan fingerprint density at radius 3 is 2.16 bits per heavy atom. The van der Waals surface area contributed by atoms with Gasteiger partial charge in [-0.15, -0.1) is 0 Å². The zero-order valence-corrected chi connectivity index (χ0v) is 14.0. The lowest BCUT2D eigenvalue weighted by atomic mass is 10.0. The number of nitrogens with one attached hydrogen (secondary N) is 1. The third-order valence-corrected chi connectivity index (χ3v) is 3.87. The Labute approximate surface area is 144 Å². The van der Waals surface area contributed by atoms with E-state index in [2.05, 4.69) is 9.97 Å². The van der Waals surface area contributed by atoms with Crippen LogP contribution in [0.2, 0.25) is 0 Å². The van der Waals surface area contributed by atoms with Crippen LogP contribution in [0.25, 0.3) is 22.5 Å². The fourth-order valence-electron chi connectivity index (χ4n) is 2.59. The average molecular weight is 342 g/mol. The molecule has 1 aromatic heterocycles. The lowest BCUT2D eigenvalue weighted by Gasteiger charge is -2.11. The summed E-state index contributed by atoms with van der Waals surface area (Å²) in [5.74, 6) is 0.795. The van der Waals surface area contributed by atoms with E-state index in [0.29, 0.717) is 28.5 Å². The lowest BCUT2D eigenvalue weighted by Crippen LogP contribution is -1.91. The van der Waals surface area contributed by atoms with Gasteiger partial charge in [-0.1, -0.05) is 0 Å². The molecule has 0 spiro atoms. The van der Waals surface area contributed by atoms with Crippen molar-refractivity contribution >= 4 is 0 Å². The SMILES string of the molecule is COc1cc(OC)cc(-c2nc[nH]c2-c2ccc(OC)c(O)c2O)c1. The standard InChI is InChI=1S/C18H18N2O5/c1-23-11-6-10(7-12(8-11)24-2)15-16(20-9-19-15)13-4-5-14(25-3)18(22)17(13)21/h4-9,21-22H,1-3H3,(H,19,20). The van der Waals surface area contributed by atoms with Crippen LogP contribution in [0, 0.1) is 0 Å². The van der Waals surface area contributed by atoms with Gasteiger partial charge in [-0.25, -0.2) is 4.98 Å². The van der Waals surface area contributed by atoms with Crippen molar-refractivity contribution in [1.82, 2.24) is 9.97 Å². The van der Waals surface area contributed by atoms with E-state index in [1.807, 2.05) is 12.1 Å². The number of aromatic nitrogens is 2. The molecule has 25 heavy (non-hydrogen) atoms. The first-order valence-electron chi connectivity index (χ1n) is 7.45. The van der Waals surface area contributed by atoms with Crippen molar-refractivity contribution in [3.05, 3.63) is 36.7 Å². The average Bonchev–Trinajstić information content (AvgIpc) is 3.13. The highest BCUT2D eigenvalue weighted by Crippen LogP contribution is 2.44. The number of hydrogen-bond donors (Lipinski definition) is 3. The van der Waals surface area contributed by atoms with Crippen LogP contribution in [0.4, 0.5) is 0 Å². The quantitative estimate of drug-likeness (QED) is 0.616. The molecule has 0 saturated carbocycles. The van der Waals surface area contributed by atoms with Gasteiger partial charge >= 0.3 is 0 Å². The number of benzene rings is 2. The number of rotatable bonds is 5. The zero-order chi connectivity index (χ0) is 18.0. The molecule has 7 nitrogen and oxygen atoms in total. The fraction of sp³-hybridized carbons (Fsp3) is 0.167. The van der Waals surface area contributed by atoms with E-state index in [0.717, 1.165) is 5.56 Å². The topological polar surface area (TPSA) is 96.8 Å². The summed E-state index contributed by atoms with van der Waals surface area (Å²) >= 11 is 0. The van der Waals surface area contributed by atoms with Crippen molar-refractivity contribution < 1.29 is 24.4 Å². The van der Waals surface area contributed by atoms with Gasteiger partial charge in [-0.05, 0) is 24.3 Å². The van der Waals surface area contributed by atoms with E-state index < -0.39 is 0 Å². The van der Waals surface area contributed by atoms with Gasteiger partial charge in [0.25, 0.3) is 0 Å². The van der Waals surface area contributed by atoms with Gasteiger partial charge in [0.05, 0.1) is 39.0 Å². The first kappa shape index (κ1) is 16.5. The first-order valence-corrected chi connectivity index (χ1v) is 7.45. The van der Waals surface area contributed by atoms with Crippen molar-refractivity contribution in [2.24, 2.45) is 0 Å². The molecule has 0 radical (unpaired) electrons. The second kappa shape index (κ2) is 6.64. The smallest absolute Gasteiger partial charge is 0.201 e. The number of aromatic amines is 1. The maximum Gasteiger partial charge on any atom is 0.201 e. The molecular formula is C18H18N2O5. The third-order valence-electron chi connectivity index (χ3n) is 3.87. The number of hydrogen-bond acceptors (Lipinski definition) is 6. The van der Waals surface area contributed by atoms with E-state index in [9.17, 15) is 10.2 Å². The third kappa shape index (κ3) is 2.91. The molecule has 3 aromatic rings. The van der Waals surface area contributed by atoms with Crippen molar-refractivity contribution in [1.29, 1.82) is 0 Å². The van der Waals surface area contributed by atoms with E-state index >= 15 is 0 Å². The minimum Gasteiger partial charge on any atom is -0.504 e. The lowest BCUT2D eigenvalue weighted by molar-refractivity contribution is 0.351. The first-order chi connectivity index (χ1) is 12.1. The summed E-state index contributed by atoms with van der Waals surface area (Å²) in [5.41, 5.74) is 2.26. The number of phenols is 2. The summed E-state index contributed by atoms with van der Waals surface area (Å²) in [6, 6.07) is 8.58. The Balaban J connectivity index is 2.15. The molecule has 0 unspecified atom stereocenters. The largest absolute Gasteiger partial charge is 0.504 e. The summed E-state index contributed by atoms with van der Waals surface area (Å²) in [4.78, 5) is 7.33. The number of H-pyrrole nitrogens is 1. The highest BCUT2D eigenvalue weighted by atomic mass is 16.5. The maximum atomic E-state index is 10.3. The van der Waals surface area contributed by atoms with Gasteiger partial charge in [0.1, 0.15) is 11.5 Å². The molecule has 3 rings (SSSR count). The molecule has 0 bridgehead atoms. The second-order valence-corrected chi connectivity index (χ2v) is 5.24. The molecule has 2 aromatic carbocycles. The van der Waals surface area contributed by atoms with Gasteiger partial charge < -0.3 is 29.4 Å². The van der Waals surface area contributed by atoms with Crippen LogP contribution in [0.3, 0.4) is 0 Å². The summed E-state index contributed by atoms with van der Waals surface area (Å²) in [5, 5.41) is 20.4. The van der Waals surface area contributed by atoms with Crippen LogP contribution in [0.1, 0.15) is 0 Å². The predicted octanol–water partition coefficient (Wildman–Crippen LogP) is 3.18. The maximum absolute atomic E-state index is 10.3. The molecule has 0 amide bonds. The van der Waals surface area contributed by atoms with Crippen molar-refractivity contribution in [3.8, 4) is 51.3 Å². The van der Waals surface area contributed by atoms with Crippen LogP contribution < -0.4 is 14.2 Å². The van der Waals surface area contributed by atoms with Crippen LogP contribution in [0.15, 0.2) is 36.7 Å². The van der Waals surface area contributed by atoms with E-state index in [-0.39, 0.29) is 17.2 Å². The zero-order valence-electron chi connectivity index (χ0n) is 14.0. The molecule has 0 aliphatic heterocycles. The molecule has 7 heteroatoms. The van der Waals surface area contributed by atoms with Crippen LogP contribution >= 0.6 is 0 Å². The van der Waals surface area contributed by atoms with E-state index in [4.69, 9.17) is 14.2 Å². The van der Waals surface area contributed by atoms with E-state index in [1.165, 1.54) is 13.4 Å². The molecule has 0 aliphatic rings. The highest BCUT2D eigenvalue weighted by molar-refractivity contribution is 5.84. The Morgan fingerprint density at radius 1 is 0.880 bits per heavy atom. The summed E-state index contributed by atoms with van der Waals surface area (Å²) < 4.78 is 15.6. The molecule has 0 fully saturated rings. The number of ether oxygens (including phenoxy) is 3. The summed E-state index contributed by atoms with van der Waals surface area (Å²) in [6.07, 6.45) is 1.51. The predicted molar refractivity (Wildman–Crippen MR) is 92.4 cm³/mol. The number of imidazole rings is 1. The molecule has 0 aliphatic carbocycles. The molecule has 130 valence electrons.